The van der Waals surface area contributed by atoms with Gasteiger partial charge < -0.3 is 10.4 Å². The molecule has 0 saturated heterocycles. The molecule has 0 spiro atoms. The van der Waals surface area contributed by atoms with Crippen molar-refractivity contribution in [2.45, 2.75) is 52.1 Å². The van der Waals surface area contributed by atoms with Crippen LogP contribution in [0.4, 0.5) is 0 Å². The molecule has 4 heteroatoms. The lowest BCUT2D eigenvalue weighted by molar-refractivity contribution is 0.421. The molecule has 0 fully saturated rings. The van der Waals surface area contributed by atoms with E-state index in [0.29, 0.717) is 11.7 Å². The van der Waals surface area contributed by atoms with Crippen molar-refractivity contribution in [3.8, 4) is 5.75 Å². The third kappa shape index (κ3) is 2.58. The highest BCUT2D eigenvalue weighted by Crippen LogP contribution is 2.46. The largest absolute Gasteiger partial charge is 0.508 e. The molecule has 3 nitrogen and oxygen atoms in total. The molecular formula is C17H22N2OS. The van der Waals surface area contributed by atoms with Gasteiger partial charge in [-0.25, -0.2) is 4.98 Å². The molecule has 21 heavy (non-hydrogen) atoms. The van der Waals surface area contributed by atoms with Crippen LogP contribution in [0.5, 0.6) is 5.75 Å². The molecule has 0 aliphatic heterocycles. The number of thiazole rings is 1. The summed E-state index contributed by atoms with van der Waals surface area (Å²) in [7, 11) is 0. The van der Waals surface area contributed by atoms with Crippen LogP contribution in [0.25, 0.3) is 0 Å². The van der Waals surface area contributed by atoms with Gasteiger partial charge in [-0.05, 0) is 50.3 Å². The van der Waals surface area contributed by atoms with Crippen LogP contribution in [-0.4, -0.2) is 10.1 Å². The van der Waals surface area contributed by atoms with Gasteiger partial charge in [0.2, 0.25) is 0 Å². The summed E-state index contributed by atoms with van der Waals surface area (Å²) in [5.41, 5.74) is 3.68. The van der Waals surface area contributed by atoms with Crippen molar-refractivity contribution in [2.24, 2.45) is 0 Å². The molecule has 2 aromatic rings. The molecule has 1 aromatic carbocycles. The van der Waals surface area contributed by atoms with E-state index in [-0.39, 0.29) is 12.1 Å². The Balaban J connectivity index is 1.88. The Bertz CT molecular complexity index is 665. The number of rotatable bonds is 3. The first-order valence-corrected chi connectivity index (χ1v) is 8.29. The van der Waals surface area contributed by atoms with E-state index in [1.54, 1.807) is 11.3 Å². The molecule has 0 saturated carbocycles. The van der Waals surface area contributed by atoms with Crippen molar-refractivity contribution in [1.82, 2.24) is 10.3 Å². The molecule has 1 aliphatic rings. The van der Waals surface area contributed by atoms with Crippen LogP contribution in [-0.2, 0) is 0 Å². The molecule has 2 N–H and O–H groups in total. The Labute approximate surface area is 130 Å². The zero-order valence-corrected chi connectivity index (χ0v) is 13.8. The van der Waals surface area contributed by atoms with Crippen LogP contribution >= 0.6 is 11.3 Å². The highest BCUT2D eigenvalue weighted by atomic mass is 32.1. The van der Waals surface area contributed by atoms with Gasteiger partial charge in [0.1, 0.15) is 10.8 Å². The monoisotopic (exact) mass is 302 g/mol. The van der Waals surface area contributed by atoms with Crippen LogP contribution in [0.15, 0.2) is 18.3 Å². The minimum absolute atomic E-state index is 0.201. The van der Waals surface area contributed by atoms with Gasteiger partial charge in [-0.2, -0.15) is 0 Å². The summed E-state index contributed by atoms with van der Waals surface area (Å²) >= 11 is 1.73. The summed E-state index contributed by atoms with van der Waals surface area (Å²) in [4.78, 5) is 5.70. The van der Waals surface area contributed by atoms with Crippen molar-refractivity contribution in [2.75, 3.05) is 0 Å². The Morgan fingerprint density at radius 1 is 1.33 bits per heavy atom. The van der Waals surface area contributed by atoms with Crippen LogP contribution in [0.2, 0.25) is 0 Å². The number of hydrogen-bond acceptors (Lipinski definition) is 4. The minimum Gasteiger partial charge on any atom is -0.508 e. The van der Waals surface area contributed by atoms with Gasteiger partial charge >= 0.3 is 0 Å². The second kappa shape index (κ2) is 5.43. The van der Waals surface area contributed by atoms with Crippen molar-refractivity contribution < 1.29 is 5.11 Å². The molecule has 3 atom stereocenters. The number of aryl methyl sites for hydroxylation is 2. The van der Waals surface area contributed by atoms with Crippen LogP contribution in [0.1, 0.15) is 64.8 Å². The number of phenolic OH excluding ortho intramolecular Hbond substituents is 1. The fraction of sp³-hybridized carbons (Fsp3) is 0.471. The summed E-state index contributed by atoms with van der Waals surface area (Å²) in [6.45, 7) is 8.60. The first kappa shape index (κ1) is 14.5. The third-order valence-corrected chi connectivity index (χ3v) is 5.47. The molecule has 0 radical (unpaired) electrons. The van der Waals surface area contributed by atoms with E-state index in [9.17, 15) is 5.11 Å². The van der Waals surface area contributed by atoms with Crippen LogP contribution < -0.4 is 5.32 Å². The van der Waals surface area contributed by atoms with Gasteiger partial charge in [-0.15, -0.1) is 11.3 Å². The smallest absolute Gasteiger partial charge is 0.120 e. The van der Waals surface area contributed by atoms with Crippen molar-refractivity contribution in [1.29, 1.82) is 0 Å². The number of aromatic hydroxyl groups is 1. The van der Waals surface area contributed by atoms with Crippen LogP contribution in [0.3, 0.4) is 0 Å². The highest BCUT2D eigenvalue weighted by molar-refractivity contribution is 7.11. The van der Waals surface area contributed by atoms with E-state index in [2.05, 4.69) is 38.0 Å². The lowest BCUT2D eigenvalue weighted by Gasteiger charge is -2.20. The molecule has 1 aromatic heterocycles. The average molecular weight is 302 g/mol. The van der Waals surface area contributed by atoms with Gasteiger partial charge in [0.25, 0.3) is 0 Å². The molecule has 1 aliphatic carbocycles. The number of nitrogens with zero attached hydrogens (tertiary/aromatic N) is 1. The first-order chi connectivity index (χ1) is 9.97. The van der Waals surface area contributed by atoms with Gasteiger partial charge in [0.05, 0.1) is 6.04 Å². The standard InChI is InChI=1S/C17H22N2OS/c1-9-5-6-14(20)16-13(7-10(2)15(9)16)19-12(4)17-18-8-11(3)21-17/h5-6,8,10,12-13,19-20H,7H2,1-4H3. The maximum atomic E-state index is 10.3. The van der Waals surface area contributed by atoms with Crippen molar-refractivity contribution >= 4 is 11.3 Å². The molecule has 0 bridgehead atoms. The fourth-order valence-corrected chi connectivity index (χ4v) is 4.23. The lowest BCUT2D eigenvalue weighted by atomic mass is 9.97. The van der Waals surface area contributed by atoms with E-state index in [0.717, 1.165) is 17.0 Å². The quantitative estimate of drug-likeness (QED) is 0.885. The highest BCUT2D eigenvalue weighted by Gasteiger charge is 2.33. The Kier molecular flexibility index (Phi) is 3.76. The molecule has 3 unspecified atom stereocenters. The van der Waals surface area contributed by atoms with Crippen molar-refractivity contribution in [3.63, 3.8) is 0 Å². The Morgan fingerprint density at radius 3 is 2.76 bits per heavy atom. The number of fused-ring (bicyclic) bond motifs is 1. The normalized spacial score (nSPS) is 22.3. The number of benzene rings is 1. The Hall–Kier alpha value is -1.39. The first-order valence-electron chi connectivity index (χ1n) is 7.48. The number of hydrogen-bond donors (Lipinski definition) is 2. The molecule has 1 heterocycles. The maximum absolute atomic E-state index is 10.3. The summed E-state index contributed by atoms with van der Waals surface area (Å²) in [5.74, 6) is 0.898. The molecular weight excluding hydrogens is 280 g/mol. The fourth-order valence-electron chi connectivity index (χ4n) is 3.44. The number of aromatic nitrogens is 1. The predicted octanol–water partition coefficient (Wildman–Crippen LogP) is 4.36. The van der Waals surface area contributed by atoms with Gasteiger partial charge in [-0.3, -0.25) is 0 Å². The number of phenols is 1. The zero-order chi connectivity index (χ0) is 15.1. The number of nitrogens with one attached hydrogen (secondary N) is 1. The Morgan fingerprint density at radius 2 is 2.10 bits per heavy atom. The van der Waals surface area contributed by atoms with E-state index in [4.69, 9.17) is 0 Å². The predicted molar refractivity (Wildman–Crippen MR) is 87.0 cm³/mol. The van der Waals surface area contributed by atoms with E-state index in [1.165, 1.54) is 16.0 Å². The third-order valence-electron chi connectivity index (χ3n) is 4.37. The van der Waals surface area contributed by atoms with Crippen LogP contribution in [0, 0.1) is 13.8 Å². The van der Waals surface area contributed by atoms with E-state index >= 15 is 0 Å². The minimum atomic E-state index is 0.201. The maximum Gasteiger partial charge on any atom is 0.120 e. The second-order valence-corrected chi connectivity index (χ2v) is 7.38. The van der Waals surface area contributed by atoms with Gasteiger partial charge in [0.15, 0.2) is 0 Å². The lowest BCUT2D eigenvalue weighted by Crippen LogP contribution is -2.23. The van der Waals surface area contributed by atoms with Crippen molar-refractivity contribution in [3.05, 3.63) is 44.9 Å². The summed E-state index contributed by atoms with van der Waals surface area (Å²) in [6, 6.07) is 4.24. The summed E-state index contributed by atoms with van der Waals surface area (Å²) in [6.07, 6.45) is 2.95. The summed E-state index contributed by atoms with van der Waals surface area (Å²) < 4.78 is 0. The zero-order valence-electron chi connectivity index (χ0n) is 13.0. The van der Waals surface area contributed by atoms with Gasteiger partial charge in [0, 0.05) is 22.7 Å². The van der Waals surface area contributed by atoms with Gasteiger partial charge in [-0.1, -0.05) is 13.0 Å². The molecule has 3 rings (SSSR count). The topological polar surface area (TPSA) is 45.2 Å². The SMILES string of the molecule is Cc1cnc(C(C)NC2CC(C)c3c(C)ccc(O)c32)s1. The van der Waals surface area contributed by atoms with E-state index in [1.807, 2.05) is 18.3 Å². The van der Waals surface area contributed by atoms with E-state index < -0.39 is 0 Å². The average Bonchev–Trinajstić information content (AvgIpc) is 2.99. The second-order valence-electron chi connectivity index (χ2n) is 6.12. The molecule has 0 amide bonds. The summed E-state index contributed by atoms with van der Waals surface area (Å²) in [5, 5.41) is 15.0. The molecule has 112 valence electrons.